The lowest BCUT2D eigenvalue weighted by molar-refractivity contribution is -0.167. The number of hydrogen-bond donors (Lipinski definition) is 0. The number of rotatable bonds is 46. The number of hydrogen-bond acceptors (Lipinski definition) is 6. The van der Waals surface area contributed by atoms with Crippen molar-refractivity contribution in [1.29, 1.82) is 0 Å². The second-order valence-electron chi connectivity index (χ2n) is 17.1. The zero-order chi connectivity index (χ0) is 44.4. The van der Waals surface area contributed by atoms with E-state index in [1.165, 1.54) is 116 Å². The van der Waals surface area contributed by atoms with E-state index in [0.717, 1.165) is 96.3 Å². The van der Waals surface area contributed by atoms with Crippen molar-refractivity contribution in [2.45, 2.75) is 258 Å². The number of allylic oxidation sites excluding steroid dienone is 10. The van der Waals surface area contributed by atoms with Crippen LogP contribution in [0.4, 0.5) is 0 Å². The molecule has 6 nitrogen and oxygen atoms in total. The van der Waals surface area contributed by atoms with Crippen LogP contribution in [-0.4, -0.2) is 37.2 Å². The number of carbonyl (C=O) groups is 3. The molecule has 0 fully saturated rings. The van der Waals surface area contributed by atoms with Crippen molar-refractivity contribution in [1.82, 2.24) is 0 Å². The normalized spacial score (nSPS) is 12.5. The number of carbonyl (C=O) groups excluding carboxylic acids is 3. The van der Waals surface area contributed by atoms with E-state index in [4.69, 9.17) is 14.2 Å². The molecule has 0 saturated heterocycles. The van der Waals surface area contributed by atoms with Crippen LogP contribution >= 0.6 is 0 Å². The summed E-state index contributed by atoms with van der Waals surface area (Å²) in [5.74, 6) is -0.907. The van der Waals surface area contributed by atoms with Gasteiger partial charge in [-0.15, -0.1) is 0 Å². The Labute approximate surface area is 377 Å². The van der Waals surface area contributed by atoms with Crippen LogP contribution < -0.4 is 0 Å². The maximum Gasteiger partial charge on any atom is 0.306 e. The second kappa shape index (κ2) is 49.8. The highest BCUT2D eigenvalue weighted by Crippen LogP contribution is 2.15. The van der Waals surface area contributed by atoms with Crippen LogP contribution in [0.1, 0.15) is 252 Å². The summed E-state index contributed by atoms with van der Waals surface area (Å²) in [7, 11) is 0. The lowest BCUT2D eigenvalue weighted by atomic mass is 10.0. The molecule has 352 valence electrons. The van der Waals surface area contributed by atoms with E-state index in [9.17, 15) is 14.4 Å². The van der Waals surface area contributed by atoms with E-state index in [-0.39, 0.29) is 31.1 Å². The third kappa shape index (κ3) is 48.0. The molecule has 1 unspecified atom stereocenters. The summed E-state index contributed by atoms with van der Waals surface area (Å²) in [6.07, 6.45) is 60.6. The van der Waals surface area contributed by atoms with Gasteiger partial charge in [0.2, 0.25) is 0 Å². The minimum Gasteiger partial charge on any atom is -0.462 e. The second-order valence-corrected chi connectivity index (χ2v) is 17.1. The van der Waals surface area contributed by atoms with Crippen LogP contribution in [0.3, 0.4) is 0 Å². The first-order valence-corrected chi connectivity index (χ1v) is 25.8. The first kappa shape index (κ1) is 58.1. The Hall–Kier alpha value is -2.89. The van der Waals surface area contributed by atoms with Crippen molar-refractivity contribution in [3.63, 3.8) is 0 Å². The molecular formula is C55H96O6. The molecule has 0 rings (SSSR count). The molecule has 6 heteroatoms. The molecule has 0 aliphatic heterocycles. The molecule has 0 saturated carbocycles. The standard InChI is InChI=1S/C55H96O6/c1-4-7-10-13-16-19-22-25-26-27-28-31-33-36-39-42-45-48-54(57)60-51-52(61-55(58)49-46-43-40-37-34-30-24-21-18-15-12-9-6-3)50-59-53(56)47-44-41-38-35-32-29-23-20-17-14-11-8-5-2/h9,12,15-16,18-19,21,24-26,52H,4-8,10-11,13-14,17,20,22-23,27-51H2,1-3H3/b12-9+,18-15+,19-16+,24-21+,26-25+. The summed E-state index contributed by atoms with van der Waals surface area (Å²) in [4.78, 5) is 37.9. The van der Waals surface area contributed by atoms with Crippen LogP contribution in [0.5, 0.6) is 0 Å². The quantitative estimate of drug-likeness (QED) is 0.0200. The van der Waals surface area contributed by atoms with Crippen LogP contribution in [0.25, 0.3) is 0 Å². The molecule has 0 aromatic heterocycles. The van der Waals surface area contributed by atoms with Gasteiger partial charge in [0.15, 0.2) is 6.10 Å². The zero-order valence-electron chi connectivity index (χ0n) is 40.2. The van der Waals surface area contributed by atoms with Crippen molar-refractivity contribution >= 4 is 17.9 Å². The highest BCUT2D eigenvalue weighted by Gasteiger charge is 2.19. The van der Waals surface area contributed by atoms with Crippen LogP contribution in [-0.2, 0) is 28.6 Å². The lowest BCUT2D eigenvalue weighted by Crippen LogP contribution is -2.30. The number of esters is 3. The minimum absolute atomic E-state index is 0.0835. The molecule has 0 spiro atoms. The van der Waals surface area contributed by atoms with E-state index in [2.05, 4.69) is 81.5 Å². The lowest BCUT2D eigenvalue weighted by Gasteiger charge is -2.18. The summed E-state index contributed by atoms with van der Waals surface area (Å²) < 4.78 is 16.8. The topological polar surface area (TPSA) is 78.9 Å². The van der Waals surface area contributed by atoms with Gasteiger partial charge in [-0.1, -0.05) is 223 Å². The minimum atomic E-state index is -0.785. The zero-order valence-corrected chi connectivity index (χ0v) is 40.2. The van der Waals surface area contributed by atoms with Gasteiger partial charge in [-0.3, -0.25) is 14.4 Å². The van der Waals surface area contributed by atoms with Crippen LogP contribution in [0, 0.1) is 0 Å². The largest absolute Gasteiger partial charge is 0.462 e. The van der Waals surface area contributed by atoms with Crippen LogP contribution in [0.15, 0.2) is 60.8 Å². The fraction of sp³-hybridized carbons (Fsp3) is 0.764. The Morgan fingerprint density at radius 3 is 1.15 bits per heavy atom. The molecule has 0 aromatic carbocycles. The maximum absolute atomic E-state index is 12.8. The van der Waals surface area contributed by atoms with E-state index in [1.807, 2.05) is 0 Å². The number of unbranched alkanes of at least 4 members (excludes halogenated alkanes) is 27. The fourth-order valence-corrected chi connectivity index (χ4v) is 7.18. The Morgan fingerprint density at radius 1 is 0.361 bits per heavy atom. The highest BCUT2D eigenvalue weighted by atomic mass is 16.6. The summed E-state index contributed by atoms with van der Waals surface area (Å²) in [6, 6.07) is 0. The first-order valence-electron chi connectivity index (χ1n) is 25.8. The highest BCUT2D eigenvalue weighted by molar-refractivity contribution is 5.71. The number of ether oxygens (including phenoxy) is 3. The molecular weight excluding hydrogens is 757 g/mol. The van der Waals surface area contributed by atoms with Gasteiger partial charge in [-0.05, 0) is 70.6 Å². The van der Waals surface area contributed by atoms with Gasteiger partial charge in [0.1, 0.15) is 13.2 Å². The van der Waals surface area contributed by atoms with Gasteiger partial charge in [0.05, 0.1) is 0 Å². The SMILES string of the molecule is CC/C=C/C=C/C=C/CCCCCCCC(=O)OC(COC(=O)CCCCCCCCC/C=C/C/C=C/CCCCC)COC(=O)CCCCCCCCCCCCCCC. The maximum atomic E-state index is 12.8. The Morgan fingerprint density at radius 2 is 0.705 bits per heavy atom. The van der Waals surface area contributed by atoms with Crippen molar-refractivity contribution in [2.75, 3.05) is 13.2 Å². The van der Waals surface area contributed by atoms with Crippen LogP contribution in [0.2, 0.25) is 0 Å². The average molecular weight is 853 g/mol. The smallest absolute Gasteiger partial charge is 0.306 e. The van der Waals surface area contributed by atoms with E-state index < -0.39 is 6.10 Å². The van der Waals surface area contributed by atoms with E-state index in [0.29, 0.717) is 19.3 Å². The third-order valence-electron chi connectivity index (χ3n) is 11.1. The van der Waals surface area contributed by atoms with Gasteiger partial charge >= 0.3 is 17.9 Å². The Balaban J connectivity index is 4.39. The predicted octanol–water partition coefficient (Wildman–Crippen LogP) is 16.9. The molecule has 0 aromatic rings. The molecule has 0 heterocycles. The van der Waals surface area contributed by atoms with Crippen molar-refractivity contribution in [3.05, 3.63) is 60.8 Å². The molecule has 61 heavy (non-hydrogen) atoms. The van der Waals surface area contributed by atoms with E-state index in [1.54, 1.807) is 0 Å². The summed E-state index contributed by atoms with van der Waals surface area (Å²) in [6.45, 7) is 6.46. The van der Waals surface area contributed by atoms with Gasteiger partial charge in [0, 0.05) is 19.3 Å². The van der Waals surface area contributed by atoms with E-state index >= 15 is 0 Å². The molecule has 0 bridgehead atoms. The molecule has 0 aliphatic rings. The monoisotopic (exact) mass is 853 g/mol. The molecule has 0 amide bonds. The average Bonchev–Trinajstić information content (AvgIpc) is 3.26. The van der Waals surface area contributed by atoms with Gasteiger partial charge in [0.25, 0.3) is 0 Å². The summed E-state index contributed by atoms with van der Waals surface area (Å²) >= 11 is 0. The summed E-state index contributed by atoms with van der Waals surface area (Å²) in [5, 5.41) is 0. The van der Waals surface area contributed by atoms with Crippen molar-refractivity contribution in [3.8, 4) is 0 Å². The fourth-order valence-electron chi connectivity index (χ4n) is 7.18. The molecule has 1 atom stereocenters. The Bertz CT molecular complexity index is 1120. The first-order chi connectivity index (χ1) is 30.0. The van der Waals surface area contributed by atoms with Gasteiger partial charge < -0.3 is 14.2 Å². The molecule has 0 radical (unpaired) electrons. The third-order valence-corrected chi connectivity index (χ3v) is 11.1. The summed E-state index contributed by atoms with van der Waals surface area (Å²) in [5.41, 5.74) is 0. The predicted molar refractivity (Wildman–Crippen MR) is 261 cm³/mol. The molecule has 0 aliphatic carbocycles. The van der Waals surface area contributed by atoms with Crippen molar-refractivity contribution in [2.24, 2.45) is 0 Å². The van der Waals surface area contributed by atoms with Gasteiger partial charge in [-0.25, -0.2) is 0 Å². The molecule has 0 N–H and O–H groups in total. The van der Waals surface area contributed by atoms with Gasteiger partial charge in [-0.2, -0.15) is 0 Å². The Kier molecular flexibility index (Phi) is 47.4. The van der Waals surface area contributed by atoms with Crippen molar-refractivity contribution < 1.29 is 28.6 Å².